The molecule has 2 nitrogen and oxygen atoms in total. The van der Waals surface area contributed by atoms with E-state index in [4.69, 9.17) is 0 Å². The van der Waals surface area contributed by atoms with Crippen LogP contribution in [0.15, 0.2) is 0 Å². The van der Waals surface area contributed by atoms with Crippen LogP contribution in [0.3, 0.4) is 0 Å². The molecule has 3 unspecified atom stereocenters. The minimum absolute atomic E-state index is 0.301. The summed E-state index contributed by atoms with van der Waals surface area (Å²) in [6.07, 6.45) is 4.70. The molecule has 3 atom stereocenters. The lowest BCUT2D eigenvalue weighted by Crippen LogP contribution is -2.39. The van der Waals surface area contributed by atoms with E-state index in [1.54, 1.807) is 0 Å². The summed E-state index contributed by atoms with van der Waals surface area (Å²) in [5.74, 6) is 4.62. The molecular formula is C12H21NOS. The highest BCUT2D eigenvalue weighted by Crippen LogP contribution is 2.48. The molecule has 0 aromatic rings. The summed E-state index contributed by atoms with van der Waals surface area (Å²) >= 11 is 2.04. The number of nitrogens with one attached hydrogen (secondary N) is 1. The van der Waals surface area contributed by atoms with Gasteiger partial charge in [-0.3, -0.25) is 0 Å². The van der Waals surface area contributed by atoms with Crippen molar-refractivity contribution in [2.24, 2.45) is 17.8 Å². The minimum Gasteiger partial charge on any atom is -0.390 e. The van der Waals surface area contributed by atoms with Gasteiger partial charge in [0.25, 0.3) is 0 Å². The third-order valence-electron chi connectivity index (χ3n) is 4.63. The van der Waals surface area contributed by atoms with Crippen LogP contribution in [0.1, 0.15) is 25.7 Å². The monoisotopic (exact) mass is 227 g/mol. The Labute approximate surface area is 96.2 Å². The molecule has 15 heavy (non-hydrogen) atoms. The fourth-order valence-corrected chi connectivity index (χ4v) is 5.05. The second kappa shape index (κ2) is 3.94. The van der Waals surface area contributed by atoms with E-state index in [0.717, 1.165) is 37.8 Å². The normalized spacial score (nSPS) is 50.6. The second-order valence-corrected chi connectivity index (χ2v) is 6.75. The van der Waals surface area contributed by atoms with Gasteiger partial charge in [-0.2, -0.15) is 11.8 Å². The van der Waals surface area contributed by atoms with Gasteiger partial charge in [0.1, 0.15) is 0 Å². The van der Waals surface area contributed by atoms with E-state index in [1.165, 1.54) is 24.3 Å². The maximum Gasteiger partial charge on any atom is 0.0690 e. The molecule has 2 aliphatic heterocycles. The summed E-state index contributed by atoms with van der Waals surface area (Å²) in [7, 11) is 0. The number of hydrogen-bond donors (Lipinski definition) is 2. The molecule has 2 heterocycles. The first-order valence-electron chi connectivity index (χ1n) is 6.29. The van der Waals surface area contributed by atoms with Crippen molar-refractivity contribution in [1.82, 2.24) is 5.32 Å². The van der Waals surface area contributed by atoms with Gasteiger partial charge in [-0.15, -0.1) is 0 Å². The molecule has 2 saturated heterocycles. The van der Waals surface area contributed by atoms with Gasteiger partial charge in [0.15, 0.2) is 0 Å². The van der Waals surface area contributed by atoms with Crippen molar-refractivity contribution in [3.05, 3.63) is 0 Å². The summed E-state index contributed by atoms with van der Waals surface area (Å²) in [6.45, 7) is 2.29. The second-order valence-electron chi connectivity index (χ2n) is 5.60. The van der Waals surface area contributed by atoms with Crippen molar-refractivity contribution in [2.45, 2.75) is 31.3 Å². The zero-order chi connectivity index (χ0) is 10.3. The molecule has 2 N–H and O–H groups in total. The number of aliphatic hydroxyl groups is 1. The van der Waals surface area contributed by atoms with Crippen LogP contribution in [-0.4, -0.2) is 35.3 Å². The Balaban J connectivity index is 1.69. The fourth-order valence-electron chi connectivity index (χ4n) is 3.75. The number of hydrogen-bond acceptors (Lipinski definition) is 3. The molecule has 0 aromatic heterocycles. The first-order chi connectivity index (χ1) is 7.28. The van der Waals surface area contributed by atoms with E-state index in [0.29, 0.717) is 5.92 Å². The van der Waals surface area contributed by atoms with Gasteiger partial charge in [-0.25, -0.2) is 0 Å². The molecule has 3 fully saturated rings. The van der Waals surface area contributed by atoms with Gasteiger partial charge in [0, 0.05) is 0 Å². The largest absolute Gasteiger partial charge is 0.390 e. The van der Waals surface area contributed by atoms with Gasteiger partial charge in [-0.1, -0.05) is 0 Å². The maximum absolute atomic E-state index is 10.8. The first-order valence-corrected chi connectivity index (χ1v) is 7.44. The molecule has 0 amide bonds. The third kappa shape index (κ3) is 1.83. The molecule has 1 aliphatic carbocycles. The van der Waals surface area contributed by atoms with Crippen LogP contribution in [0.4, 0.5) is 0 Å². The summed E-state index contributed by atoms with van der Waals surface area (Å²) in [5.41, 5.74) is -0.301. The Hall–Kier alpha value is 0.270. The summed E-state index contributed by atoms with van der Waals surface area (Å²) in [6, 6.07) is 0. The van der Waals surface area contributed by atoms with Gasteiger partial charge < -0.3 is 10.4 Å². The van der Waals surface area contributed by atoms with Crippen LogP contribution in [0.2, 0.25) is 0 Å². The van der Waals surface area contributed by atoms with Crippen LogP contribution in [-0.2, 0) is 0 Å². The van der Waals surface area contributed by atoms with E-state index in [9.17, 15) is 5.11 Å². The van der Waals surface area contributed by atoms with Gasteiger partial charge >= 0.3 is 0 Å². The molecule has 3 aliphatic rings. The molecular weight excluding hydrogens is 206 g/mol. The van der Waals surface area contributed by atoms with Crippen LogP contribution in [0.25, 0.3) is 0 Å². The zero-order valence-corrected chi connectivity index (χ0v) is 10.1. The Morgan fingerprint density at radius 2 is 1.93 bits per heavy atom. The molecule has 1 saturated carbocycles. The fraction of sp³-hybridized carbons (Fsp3) is 1.00. The minimum atomic E-state index is -0.301. The highest BCUT2D eigenvalue weighted by Gasteiger charge is 2.49. The van der Waals surface area contributed by atoms with Crippen molar-refractivity contribution >= 4 is 11.8 Å². The lowest BCUT2D eigenvalue weighted by atomic mass is 9.82. The quantitative estimate of drug-likeness (QED) is 0.712. The van der Waals surface area contributed by atoms with Crippen LogP contribution in [0.5, 0.6) is 0 Å². The van der Waals surface area contributed by atoms with E-state index in [2.05, 4.69) is 5.32 Å². The SMILES string of the molecule is OC1(C2CCCSC2)CC2CNCC2C1. The maximum atomic E-state index is 10.8. The standard InChI is InChI=1S/C12H21NOS/c14-12(11-2-1-3-15-8-11)4-9-6-13-7-10(9)5-12/h9-11,13-14H,1-8H2. The van der Waals surface area contributed by atoms with E-state index < -0.39 is 0 Å². The molecule has 3 rings (SSSR count). The van der Waals surface area contributed by atoms with E-state index in [1.807, 2.05) is 11.8 Å². The first kappa shape index (κ1) is 10.4. The molecule has 86 valence electrons. The zero-order valence-electron chi connectivity index (χ0n) is 9.24. The Bertz CT molecular complexity index is 228. The number of thioether (sulfide) groups is 1. The van der Waals surface area contributed by atoms with Crippen molar-refractivity contribution in [2.75, 3.05) is 24.6 Å². The van der Waals surface area contributed by atoms with E-state index in [-0.39, 0.29) is 5.60 Å². The van der Waals surface area contributed by atoms with Crippen molar-refractivity contribution in [1.29, 1.82) is 0 Å². The van der Waals surface area contributed by atoms with E-state index >= 15 is 0 Å². The van der Waals surface area contributed by atoms with Gasteiger partial charge in [0.2, 0.25) is 0 Å². The summed E-state index contributed by atoms with van der Waals surface area (Å²) in [5, 5.41) is 14.2. The summed E-state index contributed by atoms with van der Waals surface area (Å²) < 4.78 is 0. The van der Waals surface area contributed by atoms with Gasteiger partial charge in [-0.05, 0) is 68.0 Å². The number of rotatable bonds is 1. The predicted molar refractivity (Wildman–Crippen MR) is 64.1 cm³/mol. The topological polar surface area (TPSA) is 32.3 Å². The van der Waals surface area contributed by atoms with Crippen molar-refractivity contribution in [3.8, 4) is 0 Å². The number of fused-ring (bicyclic) bond motifs is 1. The third-order valence-corrected chi connectivity index (χ3v) is 5.85. The smallest absolute Gasteiger partial charge is 0.0690 e. The molecule has 3 heteroatoms. The highest BCUT2D eigenvalue weighted by molar-refractivity contribution is 7.99. The molecule has 0 radical (unpaired) electrons. The summed E-state index contributed by atoms with van der Waals surface area (Å²) in [4.78, 5) is 0. The van der Waals surface area contributed by atoms with Gasteiger partial charge in [0.05, 0.1) is 5.60 Å². The van der Waals surface area contributed by atoms with Crippen LogP contribution < -0.4 is 5.32 Å². The average molecular weight is 227 g/mol. The van der Waals surface area contributed by atoms with Crippen molar-refractivity contribution < 1.29 is 5.11 Å². The highest BCUT2D eigenvalue weighted by atomic mass is 32.2. The molecule has 0 bridgehead atoms. The predicted octanol–water partition coefficient (Wildman–Crippen LogP) is 1.49. The Kier molecular flexibility index (Phi) is 2.74. The van der Waals surface area contributed by atoms with Crippen LogP contribution in [0, 0.1) is 17.8 Å². The lowest BCUT2D eigenvalue weighted by Gasteiger charge is -2.36. The molecule has 0 spiro atoms. The van der Waals surface area contributed by atoms with Crippen molar-refractivity contribution in [3.63, 3.8) is 0 Å². The Morgan fingerprint density at radius 1 is 1.20 bits per heavy atom. The van der Waals surface area contributed by atoms with Crippen LogP contribution >= 0.6 is 11.8 Å². The Morgan fingerprint density at radius 3 is 2.53 bits per heavy atom. The average Bonchev–Trinajstić information content (AvgIpc) is 2.78. The molecule has 0 aromatic carbocycles. The lowest BCUT2D eigenvalue weighted by molar-refractivity contribution is -0.0145.